The van der Waals surface area contributed by atoms with E-state index in [1.165, 1.54) is 49.8 Å². The molecule has 0 amide bonds. The van der Waals surface area contributed by atoms with Gasteiger partial charge in [0.25, 0.3) is 0 Å². The first-order valence-corrected chi connectivity index (χ1v) is 7.85. The van der Waals surface area contributed by atoms with E-state index in [4.69, 9.17) is 9.97 Å². The van der Waals surface area contributed by atoms with Gasteiger partial charge in [-0.25, -0.2) is 9.97 Å². The molecule has 2 atom stereocenters. The number of hydrogen-bond acceptors (Lipinski definition) is 3. The van der Waals surface area contributed by atoms with Crippen LogP contribution in [0.15, 0.2) is 0 Å². The lowest BCUT2D eigenvalue weighted by Crippen LogP contribution is -2.11. The minimum atomic E-state index is 0.593. The molecule has 104 valence electrons. The first kappa shape index (κ1) is 12.9. The lowest BCUT2D eigenvalue weighted by atomic mass is 10.0. The van der Waals surface area contributed by atoms with Crippen LogP contribution in [0.1, 0.15) is 68.4 Å². The maximum Gasteiger partial charge on any atom is 0.134 e. The Kier molecular flexibility index (Phi) is 3.72. The molecule has 2 aliphatic carbocycles. The fourth-order valence-corrected chi connectivity index (χ4v) is 3.62. The van der Waals surface area contributed by atoms with Crippen LogP contribution in [-0.4, -0.2) is 17.0 Å². The van der Waals surface area contributed by atoms with Crippen LogP contribution in [0.25, 0.3) is 0 Å². The van der Waals surface area contributed by atoms with Gasteiger partial charge in [0.05, 0.1) is 0 Å². The molecule has 0 aromatic carbocycles. The monoisotopic (exact) mass is 259 g/mol. The van der Waals surface area contributed by atoms with E-state index in [0.717, 1.165) is 30.4 Å². The van der Waals surface area contributed by atoms with Gasteiger partial charge in [-0.2, -0.15) is 0 Å². The number of fused-ring (bicyclic) bond motifs is 1. The first-order valence-electron chi connectivity index (χ1n) is 7.85. The topological polar surface area (TPSA) is 37.8 Å². The lowest BCUT2D eigenvalue weighted by molar-refractivity contribution is 0.583. The second kappa shape index (κ2) is 5.48. The fourth-order valence-electron chi connectivity index (χ4n) is 3.62. The van der Waals surface area contributed by atoms with Gasteiger partial charge in [-0.1, -0.05) is 13.3 Å². The molecule has 0 radical (unpaired) electrons. The summed E-state index contributed by atoms with van der Waals surface area (Å²) in [7, 11) is 1.99. The Labute approximate surface area is 116 Å². The van der Waals surface area contributed by atoms with E-state index < -0.39 is 0 Å². The van der Waals surface area contributed by atoms with Crippen LogP contribution >= 0.6 is 0 Å². The zero-order valence-electron chi connectivity index (χ0n) is 12.2. The molecule has 1 saturated carbocycles. The highest BCUT2D eigenvalue weighted by atomic mass is 15.0. The molecular weight excluding hydrogens is 234 g/mol. The Bertz CT molecular complexity index is 456. The summed E-state index contributed by atoms with van der Waals surface area (Å²) < 4.78 is 0. The van der Waals surface area contributed by atoms with Crippen molar-refractivity contribution in [3.05, 3.63) is 17.1 Å². The van der Waals surface area contributed by atoms with Crippen LogP contribution in [0.2, 0.25) is 0 Å². The predicted octanol–water partition coefficient (Wildman–Crippen LogP) is 3.69. The van der Waals surface area contributed by atoms with Crippen LogP contribution in [0.4, 0.5) is 5.82 Å². The molecule has 3 nitrogen and oxygen atoms in total. The number of hydrogen-bond donors (Lipinski definition) is 1. The average molecular weight is 259 g/mol. The van der Waals surface area contributed by atoms with Gasteiger partial charge in [0.2, 0.25) is 0 Å². The number of nitrogens with zero attached hydrogens (tertiary/aromatic N) is 2. The van der Waals surface area contributed by atoms with E-state index in [1.807, 2.05) is 7.05 Å². The Hall–Kier alpha value is -1.12. The SMILES string of the molecule is CNc1nc(C2CCC(C)C2)nc2c1CCCCC2. The van der Waals surface area contributed by atoms with Gasteiger partial charge >= 0.3 is 0 Å². The Morgan fingerprint density at radius 1 is 1.05 bits per heavy atom. The maximum absolute atomic E-state index is 4.95. The molecule has 1 aromatic rings. The fraction of sp³-hybridized carbons (Fsp3) is 0.750. The summed E-state index contributed by atoms with van der Waals surface area (Å²) in [5.41, 5.74) is 2.71. The molecule has 1 heterocycles. The molecule has 2 unspecified atom stereocenters. The Balaban J connectivity index is 1.95. The number of aryl methyl sites for hydroxylation is 1. The summed E-state index contributed by atoms with van der Waals surface area (Å²) in [4.78, 5) is 9.79. The zero-order valence-corrected chi connectivity index (χ0v) is 12.2. The van der Waals surface area contributed by atoms with Crippen LogP contribution in [0.5, 0.6) is 0 Å². The molecule has 19 heavy (non-hydrogen) atoms. The molecule has 3 heteroatoms. The van der Waals surface area contributed by atoms with E-state index in [1.54, 1.807) is 0 Å². The van der Waals surface area contributed by atoms with E-state index in [2.05, 4.69) is 12.2 Å². The largest absolute Gasteiger partial charge is 0.373 e. The predicted molar refractivity (Wildman–Crippen MR) is 78.6 cm³/mol. The summed E-state index contributed by atoms with van der Waals surface area (Å²) in [5, 5.41) is 3.31. The van der Waals surface area contributed by atoms with Crippen molar-refractivity contribution in [1.29, 1.82) is 0 Å². The highest BCUT2D eigenvalue weighted by molar-refractivity contribution is 5.47. The summed E-state index contributed by atoms with van der Waals surface area (Å²) in [6.45, 7) is 2.35. The third-order valence-electron chi connectivity index (χ3n) is 4.75. The molecule has 1 fully saturated rings. The van der Waals surface area contributed by atoms with Crippen molar-refractivity contribution >= 4 is 5.82 Å². The van der Waals surface area contributed by atoms with Gasteiger partial charge in [-0.15, -0.1) is 0 Å². The minimum absolute atomic E-state index is 0.593. The summed E-state index contributed by atoms with van der Waals surface area (Å²) in [5.74, 6) is 3.64. The van der Waals surface area contributed by atoms with Crippen LogP contribution < -0.4 is 5.32 Å². The van der Waals surface area contributed by atoms with Gasteiger partial charge in [0.15, 0.2) is 0 Å². The van der Waals surface area contributed by atoms with Crippen LogP contribution in [0, 0.1) is 5.92 Å². The molecule has 0 saturated heterocycles. The van der Waals surface area contributed by atoms with Crippen LogP contribution in [0.3, 0.4) is 0 Å². The molecule has 3 rings (SSSR count). The van der Waals surface area contributed by atoms with Crippen molar-refractivity contribution in [1.82, 2.24) is 9.97 Å². The second-order valence-electron chi connectivity index (χ2n) is 6.28. The van der Waals surface area contributed by atoms with Gasteiger partial charge in [-0.3, -0.25) is 0 Å². The third kappa shape index (κ3) is 2.60. The maximum atomic E-state index is 4.95. The van der Waals surface area contributed by atoms with Gasteiger partial charge in [-0.05, 0) is 50.9 Å². The first-order chi connectivity index (χ1) is 9.28. The molecule has 1 N–H and O–H groups in total. The van der Waals surface area contributed by atoms with Crippen molar-refractivity contribution in [3.63, 3.8) is 0 Å². The summed E-state index contributed by atoms with van der Waals surface area (Å²) in [6.07, 6.45) is 10.0. The summed E-state index contributed by atoms with van der Waals surface area (Å²) >= 11 is 0. The van der Waals surface area contributed by atoms with E-state index >= 15 is 0 Å². The molecule has 1 aromatic heterocycles. The molecule has 0 aliphatic heterocycles. The van der Waals surface area contributed by atoms with E-state index in [-0.39, 0.29) is 0 Å². The smallest absolute Gasteiger partial charge is 0.134 e. The standard InChI is InChI=1S/C16H25N3/c1-11-8-9-12(10-11)15-18-14-7-5-3-4-6-13(14)16(17-2)19-15/h11-12H,3-10H2,1-2H3,(H,17,18,19). The number of nitrogens with one attached hydrogen (secondary N) is 1. The zero-order chi connectivity index (χ0) is 13.2. The quantitative estimate of drug-likeness (QED) is 0.823. The molecule has 0 spiro atoms. The van der Waals surface area contributed by atoms with Crippen molar-refractivity contribution in [2.24, 2.45) is 5.92 Å². The van der Waals surface area contributed by atoms with Gasteiger partial charge in [0, 0.05) is 24.2 Å². The minimum Gasteiger partial charge on any atom is -0.373 e. The highest BCUT2D eigenvalue weighted by Crippen LogP contribution is 2.37. The normalized spacial score (nSPS) is 26.8. The number of rotatable bonds is 2. The second-order valence-corrected chi connectivity index (χ2v) is 6.28. The highest BCUT2D eigenvalue weighted by Gasteiger charge is 2.27. The molecule has 2 aliphatic rings. The van der Waals surface area contributed by atoms with Crippen molar-refractivity contribution < 1.29 is 0 Å². The van der Waals surface area contributed by atoms with E-state index in [0.29, 0.717) is 5.92 Å². The summed E-state index contributed by atoms with van der Waals surface area (Å²) in [6, 6.07) is 0. The van der Waals surface area contributed by atoms with Crippen molar-refractivity contribution in [3.8, 4) is 0 Å². The molecular formula is C16H25N3. The third-order valence-corrected chi connectivity index (χ3v) is 4.75. The van der Waals surface area contributed by atoms with Crippen molar-refractivity contribution in [2.45, 2.75) is 64.2 Å². The van der Waals surface area contributed by atoms with E-state index in [9.17, 15) is 0 Å². The Morgan fingerprint density at radius 2 is 1.89 bits per heavy atom. The van der Waals surface area contributed by atoms with Crippen LogP contribution in [-0.2, 0) is 12.8 Å². The van der Waals surface area contributed by atoms with Gasteiger partial charge < -0.3 is 5.32 Å². The number of anilines is 1. The number of aromatic nitrogens is 2. The van der Waals surface area contributed by atoms with Gasteiger partial charge in [0.1, 0.15) is 11.6 Å². The average Bonchev–Trinajstić information content (AvgIpc) is 2.72. The van der Waals surface area contributed by atoms with Crippen molar-refractivity contribution in [2.75, 3.05) is 12.4 Å². The lowest BCUT2D eigenvalue weighted by Gasteiger charge is -2.16. The Morgan fingerprint density at radius 3 is 2.63 bits per heavy atom. The molecule has 0 bridgehead atoms.